The largest absolute Gasteiger partial charge is 2.00 e. The van der Waals surface area contributed by atoms with Crippen LogP contribution in [-0.4, -0.2) is 77.9 Å². The van der Waals surface area contributed by atoms with Gasteiger partial charge in [0.25, 0.3) is 0 Å². The standard InChI is InChI=1S/C6H13NO2.Ca.Co.Cr.Cu.Fe.Mg.Mn.Zn.4H/c1-4(2)3-5(7)6(8)9;;;;;;;;;;;;/h4-5H,3,7H2,1-2H3,(H,8,9);;;;;;;;;;;;/q;+2;;;;;+2;;;4*-1. The molecule has 0 rings (SSSR count). The molecule has 0 saturated carbocycles. The minimum atomic E-state index is -0.913. The van der Waals surface area contributed by atoms with E-state index in [2.05, 4.69) is 0 Å². The Kier molecular flexibility index (Phi) is 126. The summed E-state index contributed by atoms with van der Waals surface area (Å²) in [5, 5.41) is 8.31. The van der Waals surface area contributed by atoms with Crippen LogP contribution in [0.2, 0.25) is 0 Å². The van der Waals surface area contributed by atoms with Crippen molar-refractivity contribution >= 4 is 66.8 Å². The maximum absolute atomic E-state index is 10.1. The molecule has 0 aliphatic heterocycles. The Balaban J connectivity index is -0.00000000485. The summed E-state index contributed by atoms with van der Waals surface area (Å²) in [6.07, 6.45) is 0.551. The second-order valence-electron chi connectivity index (χ2n) is 2.57. The van der Waals surface area contributed by atoms with Crippen LogP contribution in [0.3, 0.4) is 0 Å². The first-order valence-electron chi connectivity index (χ1n) is 3.02. The predicted octanol–water partition coefficient (Wildman–Crippen LogP) is 0.118. The number of nitrogens with two attached hydrogens (primary N) is 1. The molecule has 0 aromatic heterocycles. The van der Waals surface area contributed by atoms with Gasteiger partial charge in [0.15, 0.2) is 0 Å². The third-order valence-electron chi connectivity index (χ3n) is 1.04. The maximum atomic E-state index is 10.1. The Bertz CT molecular complexity index is 157. The second-order valence-corrected chi connectivity index (χ2v) is 2.57. The fourth-order valence-electron chi connectivity index (χ4n) is 0.609. The summed E-state index contributed by atoms with van der Waals surface area (Å²) in [6, 6.07) is -0.690. The van der Waals surface area contributed by atoms with E-state index < -0.39 is 12.0 Å². The summed E-state index contributed by atoms with van der Waals surface area (Å²) in [5.41, 5.74) is 5.22. The van der Waals surface area contributed by atoms with E-state index in [0.29, 0.717) is 12.3 Å². The molecule has 105 valence electrons. The Morgan fingerprint density at radius 3 is 1.71 bits per heavy atom. The van der Waals surface area contributed by atoms with E-state index in [0.717, 1.165) is 0 Å². The topological polar surface area (TPSA) is 63.3 Å². The van der Waals surface area contributed by atoms with Gasteiger partial charge in [-0.25, -0.2) is 0 Å². The van der Waals surface area contributed by atoms with E-state index in [1.165, 1.54) is 0 Å². The smallest absolute Gasteiger partial charge is 1.00 e. The molecule has 0 fully saturated rings. The van der Waals surface area contributed by atoms with Gasteiger partial charge in [0, 0.05) is 105 Å². The van der Waals surface area contributed by atoms with Crippen molar-refractivity contribution in [1.82, 2.24) is 0 Å². The summed E-state index contributed by atoms with van der Waals surface area (Å²) >= 11 is 0. The Morgan fingerprint density at radius 1 is 1.41 bits per heavy atom. The van der Waals surface area contributed by atoms with Crippen LogP contribution in [-0.2, 0) is 110 Å². The molecule has 0 saturated heterocycles. The zero-order valence-corrected chi connectivity index (χ0v) is 21.8. The number of hydrogen-bond donors (Lipinski definition) is 2. The molecule has 0 aromatic carbocycles. The van der Waals surface area contributed by atoms with Crippen LogP contribution in [0.5, 0.6) is 0 Å². The molecule has 0 bridgehead atoms. The van der Waals surface area contributed by atoms with Crippen molar-refractivity contribution in [3.8, 4) is 0 Å². The van der Waals surface area contributed by atoms with Crippen molar-refractivity contribution in [2.24, 2.45) is 11.7 Å². The number of hydrogen-bond acceptors (Lipinski definition) is 2. The SMILES string of the molecule is CC(C)CC(N)C(=O)O.[Ca+2].[Co].[Cr].[Cu].[Fe].[H-].[H-].[H-].[H-].[Mg+2].[Mn].[Zn]. The second kappa shape index (κ2) is 37.2. The minimum Gasteiger partial charge on any atom is -1.00 e. The van der Waals surface area contributed by atoms with E-state index in [-0.39, 0.29) is 171 Å². The van der Waals surface area contributed by atoms with Crippen molar-refractivity contribution in [2.45, 2.75) is 26.3 Å². The van der Waals surface area contributed by atoms with Gasteiger partial charge in [-0.1, -0.05) is 13.8 Å². The van der Waals surface area contributed by atoms with Crippen LogP contribution in [0, 0.1) is 5.92 Å². The zero-order chi connectivity index (χ0) is 7.44. The van der Waals surface area contributed by atoms with E-state index in [4.69, 9.17) is 10.8 Å². The van der Waals surface area contributed by atoms with Gasteiger partial charge in [0.1, 0.15) is 6.04 Å². The molecule has 1 unspecified atom stereocenters. The average Bonchev–Trinajstić information content (AvgIpc) is 1.63. The van der Waals surface area contributed by atoms with Crippen molar-refractivity contribution in [3.63, 3.8) is 0 Å². The van der Waals surface area contributed by atoms with Crippen molar-refractivity contribution in [3.05, 3.63) is 0 Å². The molecule has 17 heavy (non-hydrogen) atoms. The number of carboxylic acids is 1. The van der Waals surface area contributed by atoms with E-state index in [1.54, 1.807) is 0 Å². The molecular weight excluding hydrogens is 533 g/mol. The summed E-state index contributed by atoms with van der Waals surface area (Å²) in [7, 11) is 0. The Hall–Kier alpha value is 4.68. The van der Waals surface area contributed by atoms with Crippen LogP contribution in [0.4, 0.5) is 0 Å². The van der Waals surface area contributed by atoms with Crippen molar-refractivity contribution in [2.75, 3.05) is 0 Å². The number of rotatable bonds is 3. The van der Waals surface area contributed by atoms with Crippen LogP contribution >= 0.6 is 0 Å². The monoisotopic (exact) mass is 548 g/mol. The van der Waals surface area contributed by atoms with Gasteiger partial charge in [-0.3, -0.25) is 4.79 Å². The molecule has 1 atom stereocenters. The van der Waals surface area contributed by atoms with Crippen LogP contribution in [0.25, 0.3) is 0 Å². The first-order valence-corrected chi connectivity index (χ1v) is 3.02. The summed E-state index contributed by atoms with van der Waals surface area (Å²) in [4.78, 5) is 10.1. The zero-order valence-electron chi connectivity index (χ0n) is 13.7. The van der Waals surface area contributed by atoms with Crippen LogP contribution < -0.4 is 5.73 Å². The normalized spacial score (nSPS) is 7.29. The van der Waals surface area contributed by atoms with Gasteiger partial charge in [-0.05, 0) is 12.3 Å². The summed E-state index contributed by atoms with van der Waals surface area (Å²) < 4.78 is 0. The first kappa shape index (κ1) is 57.7. The van der Waals surface area contributed by atoms with Gasteiger partial charge < -0.3 is 16.5 Å². The van der Waals surface area contributed by atoms with E-state index >= 15 is 0 Å². The number of carbonyl (C=O) groups is 1. The van der Waals surface area contributed by atoms with Crippen LogP contribution in [0.1, 0.15) is 26.0 Å². The van der Waals surface area contributed by atoms with Gasteiger partial charge >= 0.3 is 66.8 Å². The molecule has 0 aliphatic carbocycles. The quantitative estimate of drug-likeness (QED) is 0.492. The number of carboxylic acid groups (broad SMARTS) is 1. The third-order valence-corrected chi connectivity index (χ3v) is 1.04. The summed E-state index contributed by atoms with van der Waals surface area (Å²) in [5.74, 6) is -0.556. The summed E-state index contributed by atoms with van der Waals surface area (Å²) in [6.45, 7) is 3.89. The first-order chi connectivity index (χ1) is 4.04. The molecule has 11 heteroatoms. The molecule has 0 aliphatic rings. The average molecular weight is 550 g/mol. The Labute approximate surface area is 221 Å². The minimum absolute atomic E-state index is 0. The van der Waals surface area contributed by atoms with Gasteiger partial charge in [0.2, 0.25) is 0 Å². The van der Waals surface area contributed by atoms with Crippen LogP contribution in [0.15, 0.2) is 0 Å². The molecule has 3 radical (unpaired) electrons. The number of aliphatic carboxylic acids is 1. The van der Waals surface area contributed by atoms with Gasteiger partial charge in [-0.2, -0.15) is 0 Å². The van der Waals surface area contributed by atoms with E-state index in [9.17, 15) is 4.79 Å². The third kappa shape index (κ3) is 44.9. The molecule has 0 spiro atoms. The predicted molar refractivity (Wildman–Crippen MR) is 51.0 cm³/mol. The van der Waals surface area contributed by atoms with E-state index in [1.807, 2.05) is 13.8 Å². The molecule has 0 aromatic rings. The molecule has 0 heterocycles. The van der Waals surface area contributed by atoms with Gasteiger partial charge in [0.05, 0.1) is 0 Å². The maximum Gasteiger partial charge on any atom is 2.00 e. The fraction of sp³-hybridized carbons (Fsp3) is 0.833. The molecule has 3 nitrogen and oxygen atoms in total. The fourth-order valence-corrected chi connectivity index (χ4v) is 0.609. The Morgan fingerprint density at radius 2 is 1.65 bits per heavy atom. The molecule has 0 amide bonds. The molecule has 3 N–H and O–H groups in total. The van der Waals surface area contributed by atoms with Crippen molar-refractivity contribution in [1.29, 1.82) is 0 Å². The molecular formula is C6H17CaCoCrCuFeMgMnNO2Zn. The van der Waals surface area contributed by atoms with Crippen molar-refractivity contribution < 1.29 is 120 Å². The van der Waals surface area contributed by atoms with Gasteiger partial charge in [-0.15, -0.1) is 0 Å².